The summed E-state index contributed by atoms with van der Waals surface area (Å²) in [4.78, 5) is 4.17. The molecule has 6 heteroatoms. The van der Waals surface area contributed by atoms with Crippen LogP contribution in [0.5, 0.6) is 0 Å². The van der Waals surface area contributed by atoms with Crippen LogP contribution in [0.2, 0.25) is 0 Å². The maximum absolute atomic E-state index is 12.9. The Morgan fingerprint density at radius 2 is 1.50 bits per heavy atom. The van der Waals surface area contributed by atoms with Gasteiger partial charge in [0.1, 0.15) is 11.6 Å². The molecular formula is C14H22F3N3. The number of anilines is 2. The first-order valence-electron chi connectivity index (χ1n) is 6.85. The fourth-order valence-corrected chi connectivity index (χ4v) is 2.17. The van der Waals surface area contributed by atoms with E-state index in [1.54, 1.807) is 7.05 Å². The lowest BCUT2D eigenvalue weighted by atomic mass is 9.90. The first-order valence-corrected chi connectivity index (χ1v) is 6.85. The van der Waals surface area contributed by atoms with E-state index in [9.17, 15) is 13.2 Å². The molecule has 0 bridgehead atoms. The molecule has 1 heterocycles. The predicted octanol–water partition coefficient (Wildman–Crippen LogP) is 4.52. The second-order valence-corrected chi connectivity index (χ2v) is 4.84. The van der Waals surface area contributed by atoms with E-state index in [-0.39, 0.29) is 17.2 Å². The molecule has 20 heavy (non-hydrogen) atoms. The Hall–Kier alpha value is -1.46. The lowest BCUT2D eigenvalue weighted by Gasteiger charge is -2.32. The molecule has 2 N–H and O–H groups in total. The summed E-state index contributed by atoms with van der Waals surface area (Å²) >= 11 is 0. The molecule has 0 aliphatic carbocycles. The van der Waals surface area contributed by atoms with Crippen molar-refractivity contribution in [1.82, 2.24) is 4.98 Å². The van der Waals surface area contributed by atoms with Gasteiger partial charge in [0.15, 0.2) is 0 Å². The van der Waals surface area contributed by atoms with E-state index in [2.05, 4.69) is 15.6 Å². The molecule has 1 rings (SSSR count). The van der Waals surface area contributed by atoms with Crippen LogP contribution in [-0.2, 0) is 6.18 Å². The number of pyridine rings is 1. The van der Waals surface area contributed by atoms with Gasteiger partial charge in [0, 0.05) is 12.6 Å². The number of nitrogens with zero attached hydrogens (tertiary/aromatic N) is 1. The quantitative estimate of drug-likeness (QED) is 0.808. The average Bonchev–Trinajstić information content (AvgIpc) is 2.43. The number of rotatable bonds is 6. The zero-order valence-electron chi connectivity index (χ0n) is 12.4. The van der Waals surface area contributed by atoms with Gasteiger partial charge < -0.3 is 10.6 Å². The third kappa shape index (κ3) is 3.77. The van der Waals surface area contributed by atoms with Crippen LogP contribution in [0.1, 0.15) is 45.6 Å². The topological polar surface area (TPSA) is 37.0 Å². The molecule has 0 atom stereocenters. The van der Waals surface area contributed by atoms with Crippen LogP contribution in [0.15, 0.2) is 12.1 Å². The van der Waals surface area contributed by atoms with Crippen LogP contribution < -0.4 is 10.6 Å². The van der Waals surface area contributed by atoms with E-state index >= 15 is 0 Å². The van der Waals surface area contributed by atoms with Gasteiger partial charge in [-0.25, -0.2) is 4.98 Å². The van der Waals surface area contributed by atoms with E-state index < -0.39 is 11.7 Å². The normalized spacial score (nSPS) is 12.3. The first kappa shape index (κ1) is 16.6. The number of alkyl halides is 3. The highest BCUT2D eigenvalue weighted by atomic mass is 19.4. The minimum absolute atomic E-state index is 0.208. The highest BCUT2D eigenvalue weighted by Gasteiger charge is 2.32. The monoisotopic (exact) mass is 289 g/mol. The summed E-state index contributed by atoms with van der Waals surface area (Å²) in [6, 6.07) is 2.08. The third-order valence-corrected chi connectivity index (χ3v) is 3.83. The second-order valence-electron chi connectivity index (χ2n) is 4.84. The lowest BCUT2D eigenvalue weighted by Crippen LogP contribution is -2.36. The van der Waals surface area contributed by atoms with Crippen molar-refractivity contribution >= 4 is 11.6 Å². The average molecular weight is 289 g/mol. The molecule has 0 aromatic carbocycles. The van der Waals surface area contributed by atoms with Crippen molar-refractivity contribution in [2.75, 3.05) is 17.7 Å². The summed E-state index contributed by atoms with van der Waals surface area (Å²) in [6.45, 7) is 6.06. The summed E-state index contributed by atoms with van der Waals surface area (Å²) in [6.07, 6.45) is -1.90. The van der Waals surface area contributed by atoms with Gasteiger partial charge in [-0.3, -0.25) is 0 Å². The summed E-state index contributed by atoms with van der Waals surface area (Å²) in [7, 11) is 1.55. The van der Waals surface area contributed by atoms with Crippen molar-refractivity contribution in [3.8, 4) is 0 Å². The highest BCUT2D eigenvalue weighted by Crippen LogP contribution is 2.33. The molecule has 3 nitrogen and oxygen atoms in total. The summed E-state index contributed by atoms with van der Waals surface area (Å²) in [5.41, 5.74) is -0.918. The van der Waals surface area contributed by atoms with E-state index in [1.165, 1.54) is 0 Å². The van der Waals surface area contributed by atoms with Crippen LogP contribution in [-0.4, -0.2) is 17.6 Å². The van der Waals surface area contributed by atoms with E-state index in [0.29, 0.717) is 0 Å². The fourth-order valence-electron chi connectivity index (χ4n) is 2.17. The second kappa shape index (κ2) is 6.33. The standard InChI is InChI=1S/C14H22F3N3/c1-5-13(6-2,7-3)20-12-9-10(14(15,16)17)8-11(18-4)19-12/h8-9H,5-7H2,1-4H3,(H2,18,19,20). The molecule has 0 saturated heterocycles. The van der Waals surface area contributed by atoms with Crippen LogP contribution in [0.25, 0.3) is 0 Å². The molecule has 0 amide bonds. The third-order valence-electron chi connectivity index (χ3n) is 3.83. The van der Waals surface area contributed by atoms with Gasteiger partial charge in [0.2, 0.25) is 0 Å². The Bertz CT molecular complexity index is 432. The van der Waals surface area contributed by atoms with Crippen LogP contribution in [0.4, 0.5) is 24.8 Å². The minimum Gasteiger partial charge on any atom is -0.373 e. The van der Waals surface area contributed by atoms with Crippen LogP contribution in [0.3, 0.4) is 0 Å². The molecule has 0 fully saturated rings. The zero-order chi connectivity index (χ0) is 15.4. The van der Waals surface area contributed by atoms with E-state index in [0.717, 1.165) is 31.4 Å². The SMILES string of the molecule is CCC(CC)(CC)Nc1cc(C(F)(F)F)cc(NC)n1. The molecule has 0 unspecified atom stereocenters. The number of hydrogen-bond donors (Lipinski definition) is 2. The molecular weight excluding hydrogens is 267 g/mol. The minimum atomic E-state index is -4.38. The maximum atomic E-state index is 12.9. The van der Waals surface area contributed by atoms with Gasteiger partial charge >= 0.3 is 6.18 Å². The van der Waals surface area contributed by atoms with Crippen molar-refractivity contribution in [3.63, 3.8) is 0 Å². The van der Waals surface area contributed by atoms with Crippen molar-refractivity contribution in [1.29, 1.82) is 0 Å². The van der Waals surface area contributed by atoms with Gasteiger partial charge in [-0.1, -0.05) is 20.8 Å². The Morgan fingerprint density at radius 1 is 1.00 bits per heavy atom. The lowest BCUT2D eigenvalue weighted by molar-refractivity contribution is -0.137. The van der Waals surface area contributed by atoms with Gasteiger partial charge in [-0.15, -0.1) is 0 Å². The first-order chi connectivity index (χ1) is 9.30. The molecule has 0 saturated carbocycles. The molecule has 0 spiro atoms. The van der Waals surface area contributed by atoms with Crippen LogP contribution >= 0.6 is 0 Å². The highest BCUT2D eigenvalue weighted by molar-refractivity contribution is 5.50. The molecule has 1 aromatic rings. The molecule has 0 aliphatic heterocycles. The van der Waals surface area contributed by atoms with Crippen molar-refractivity contribution in [3.05, 3.63) is 17.7 Å². The van der Waals surface area contributed by atoms with Crippen LogP contribution in [0, 0.1) is 0 Å². The van der Waals surface area contributed by atoms with E-state index in [4.69, 9.17) is 0 Å². The number of halogens is 3. The largest absolute Gasteiger partial charge is 0.416 e. The van der Waals surface area contributed by atoms with Crippen molar-refractivity contribution in [2.24, 2.45) is 0 Å². The number of nitrogens with one attached hydrogen (secondary N) is 2. The van der Waals surface area contributed by atoms with E-state index in [1.807, 2.05) is 20.8 Å². The van der Waals surface area contributed by atoms with Gasteiger partial charge in [-0.05, 0) is 31.4 Å². The summed E-state index contributed by atoms with van der Waals surface area (Å²) in [5, 5.41) is 5.85. The van der Waals surface area contributed by atoms with Gasteiger partial charge in [0.25, 0.3) is 0 Å². The molecule has 114 valence electrons. The van der Waals surface area contributed by atoms with Crippen molar-refractivity contribution < 1.29 is 13.2 Å². The summed E-state index contributed by atoms with van der Waals surface area (Å²) in [5.74, 6) is 0.467. The Morgan fingerprint density at radius 3 is 1.90 bits per heavy atom. The van der Waals surface area contributed by atoms with Crippen molar-refractivity contribution in [2.45, 2.75) is 51.7 Å². The Balaban J connectivity index is 3.18. The Labute approximate surface area is 118 Å². The predicted molar refractivity (Wildman–Crippen MR) is 76.0 cm³/mol. The molecule has 0 aliphatic rings. The van der Waals surface area contributed by atoms with Gasteiger partial charge in [0.05, 0.1) is 5.56 Å². The fraction of sp³-hybridized carbons (Fsp3) is 0.643. The number of aromatic nitrogens is 1. The Kier molecular flexibility index (Phi) is 5.25. The zero-order valence-corrected chi connectivity index (χ0v) is 12.4. The number of hydrogen-bond acceptors (Lipinski definition) is 3. The molecule has 1 aromatic heterocycles. The maximum Gasteiger partial charge on any atom is 0.416 e. The summed E-state index contributed by atoms with van der Waals surface area (Å²) < 4.78 is 38.6. The smallest absolute Gasteiger partial charge is 0.373 e. The molecule has 0 radical (unpaired) electrons. The van der Waals surface area contributed by atoms with Gasteiger partial charge in [-0.2, -0.15) is 13.2 Å².